The molecule has 0 spiro atoms. The lowest BCUT2D eigenvalue weighted by atomic mass is 10.1. The van der Waals surface area contributed by atoms with Crippen LogP contribution in [-0.4, -0.2) is 30.2 Å². The summed E-state index contributed by atoms with van der Waals surface area (Å²) in [6.45, 7) is 5.65. The number of nitrogens with zero attached hydrogens (tertiary/aromatic N) is 2. The summed E-state index contributed by atoms with van der Waals surface area (Å²) >= 11 is 0. The van der Waals surface area contributed by atoms with Crippen LogP contribution in [-0.2, 0) is 4.74 Å². The van der Waals surface area contributed by atoms with Crippen LogP contribution >= 0.6 is 0 Å². The molecule has 0 saturated heterocycles. The highest BCUT2D eigenvalue weighted by Gasteiger charge is 2.07. The summed E-state index contributed by atoms with van der Waals surface area (Å²) in [5.41, 5.74) is 5.39. The largest absolute Gasteiger partial charge is 0.385 e. The van der Waals surface area contributed by atoms with Crippen LogP contribution in [0.3, 0.4) is 0 Å². The summed E-state index contributed by atoms with van der Waals surface area (Å²) in [7, 11) is 1.71. The number of aryl methyl sites for hydroxylation is 2. The molecule has 3 aromatic rings. The molecule has 0 aliphatic rings. The summed E-state index contributed by atoms with van der Waals surface area (Å²) in [5, 5.41) is 6.72. The van der Waals surface area contributed by atoms with Crippen LogP contribution < -0.4 is 10.6 Å². The number of hydrogen-bond acceptors (Lipinski definition) is 5. The number of hydrogen-bond donors (Lipinski definition) is 2. The zero-order chi connectivity index (χ0) is 19.1. The third kappa shape index (κ3) is 5.53. The second-order valence-electron chi connectivity index (χ2n) is 6.60. The predicted octanol–water partition coefficient (Wildman–Crippen LogP) is 4.95. The molecular weight excluding hydrogens is 336 g/mol. The second-order valence-corrected chi connectivity index (χ2v) is 6.60. The summed E-state index contributed by atoms with van der Waals surface area (Å²) in [6, 6.07) is 18.5. The van der Waals surface area contributed by atoms with Crippen LogP contribution in [0.1, 0.15) is 17.5 Å². The number of methoxy groups -OCH3 is 1. The van der Waals surface area contributed by atoms with Crippen LogP contribution in [0.4, 0.5) is 17.5 Å². The minimum atomic E-state index is 0.610. The Balaban J connectivity index is 1.89. The maximum Gasteiger partial charge on any atom is 0.225 e. The Hall–Kier alpha value is -2.92. The van der Waals surface area contributed by atoms with E-state index in [1.54, 1.807) is 7.11 Å². The second kappa shape index (κ2) is 9.14. The van der Waals surface area contributed by atoms with E-state index >= 15 is 0 Å². The molecule has 0 aliphatic carbocycles. The zero-order valence-corrected chi connectivity index (χ0v) is 16.1. The Labute approximate surface area is 160 Å². The number of benzene rings is 2. The van der Waals surface area contributed by atoms with E-state index in [1.807, 2.05) is 24.3 Å². The van der Waals surface area contributed by atoms with Gasteiger partial charge in [-0.25, -0.2) is 4.98 Å². The smallest absolute Gasteiger partial charge is 0.225 e. The lowest BCUT2D eigenvalue weighted by molar-refractivity contribution is 0.197. The van der Waals surface area contributed by atoms with Gasteiger partial charge < -0.3 is 15.4 Å². The molecule has 0 radical (unpaired) electrons. The van der Waals surface area contributed by atoms with Crippen molar-refractivity contribution in [3.05, 3.63) is 65.7 Å². The SMILES string of the molecule is COCCCNc1nc(Nc2cc(C)cc(C)c2)cc(-c2ccccc2)n1. The number of rotatable bonds is 8. The van der Waals surface area contributed by atoms with Gasteiger partial charge in [0.05, 0.1) is 5.69 Å². The number of anilines is 3. The summed E-state index contributed by atoms with van der Waals surface area (Å²) in [5.74, 6) is 1.38. The van der Waals surface area contributed by atoms with Gasteiger partial charge in [-0.2, -0.15) is 4.98 Å². The molecule has 2 N–H and O–H groups in total. The predicted molar refractivity (Wildman–Crippen MR) is 112 cm³/mol. The van der Waals surface area contributed by atoms with Crippen LogP contribution in [0.5, 0.6) is 0 Å². The first kappa shape index (κ1) is 18.9. The molecule has 5 heteroatoms. The molecule has 27 heavy (non-hydrogen) atoms. The molecule has 1 heterocycles. The van der Waals surface area contributed by atoms with E-state index in [0.29, 0.717) is 12.6 Å². The van der Waals surface area contributed by atoms with Crippen molar-refractivity contribution >= 4 is 17.5 Å². The summed E-state index contributed by atoms with van der Waals surface area (Å²) in [6.07, 6.45) is 0.898. The normalized spacial score (nSPS) is 10.6. The van der Waals surface area contributed by atoms with Crippen molar-refractivity contribution in [1.29, 1.82) is 0 Å². The van der Waals surface area contributed by atoms with E-state index in [0.717, 1.165) is 35.7 Å². The van der Waals surface area contributed by atoms with Crippen LogP contribution in [0.2, 0.25) is 0 Å². The first-order chi connectivity index (χ1) is 13.1. The molecule has 0 saturated carbocycles. The van der Waals surface area contributed by atoms with Gasteiger partial charge in [0, 0.05) is 37.6 Å². The lowest BCUT2D eigenvalue weighted by Crippen LogP contribution is -2.09. The molecule has 0 fully saturated rings. The molecule has 0 atom stereocenters. The molecule has 5 nitrogen and oxygen atoms in total. The first-order valence-corrected chi connectivity index (χ1v) is 9.16. The summed E-state index contributed by atoms with van der Waals surface area (Å²) < 4.78 is 5.10. The van der Waals surface area contributed by atoms with Crippen molar-refractivity contribution in [1.82, 2.24) is 9.97 Å². The molecule has 0 aliphatic heterocycles. The van der Waals surface area contributed by atoms with Gasteiger partial charge in [0.1, 0.15) is 5.82 Å². The number of aromatic nitrogens is 2. The molecule has 2 aromatic carbocycles. The van der Waals surface area contributed by atoms with E-state index in [2.05, 4.69) is 64.8 Å². The fraction of sp³-hybridized carbons (Fsp3) is 0.273. The van der Waals surface area contributed by atoms with Gasteiger partial charge in [-0.05, 0) is 43.5 Å². The van der Waals surface area contributed by atoms with Gasteiger partial charge in [0.2, 0.25) is 5.95 Å². The average molecular weight is 362 g/mol. The molecule has 0 bridgehead atoms. The van der Waals surface area contributed by atoms with E-state index in [1.165, 1.54) is 11.1 Å². The Morgan fingerprint density at radius 2 is 1.67 bits per heavy atom. The van der Waals surface area contributed by atoms with Gasteiger partial charge >= 0.3 is 0 Å². The maximum absolute atomic E-state index is 5.10. The third-order valence-corrected chi connectivity index (χ3v) is 4.10. The van der Waals surface area contributed by atoms with Crippen LogP contribution in [0.25, 0.3) is 11.3 Å². The van der Waals surface area contributed by atoms with Crippen molar-refractivity contribution in [2.75, 3.05) is 30.9 Å². The van der Waals surface area contributed by atoms with E-state index < -0.39 is 0 Å². The molecule has 0 amide bonds. The van der Waals surface area contributed by atoms with Gasteiger partial charge in [-0.1, -0.05) is 36.4 Å². The molecular formula is C22H26N4O. The van der Waals surface area contributed by atoms with Crippen molar-refractivity contribution in [2.45, 2.75) is 20.3 Å². The van der Waals surface area contributed by atoms with Crippen LogP contribution in [0.15, 0.2) is 54.6 Å². The van der Waals surface area contributed by atoms with Crippen molar-refractivity contribution < 1.29 is 4.74 Å². The van der Waals surface area contributed by atoms with E-state index in [9.17, 15) is 0 Å². The number of ether oxygens (including phenoxy) is 1. The van der Waals surface area contributed by atoms with Crippen molar-refractivity contribution in [3.63, 3.8) is 0 Å². The quantitative estimate of drug-likeness (QED) is 0.555. The Morgan fingerprint density at radius 1 is 0.926 bits per heavy atom. The highest BCUT2D eigenvalue weighted by molar-refractivity contribution is 5.67. The third-order valence-electron chi connectivity index (χ3n) is 4.10. The maximum atomic E-state index is 5.10. The van der Waals surface area contributed by atoms with Gasteiger partial charge in [-0.15, -0.1) is 0 Å². The fourth-order valence-corrected chi connectivity index (χ4v) is 2.96. The number of nitrogens with one attached hydrogen (secondary N) is 2. The standard InChI is InChI=1S/C22H26N4O/c1-16-12-17(2)14-19(13-16)24-21-15-20(18-8-5-4-6-9-18)25-22(26-21)23-10-7-11-27-3/h4-6,8-9,12-15H,7,10-11H2,1-3H3,(H2,23,24,25,26). The minimum Gasteiger partial charge on any atom is -0.385 e. The lowest BCUT2D eigenvalue weighted by Gasteiger charge is -2.12. The molecule has 1 aromatic heterocycles. The van der Waals surface area contributed by atoms with Gasteiger partial charge in [0.15, 0.2) is 0 Å². The average Bonchev–Trinajstić information content (AvgIpc) is 2.65. The summed E-state index contributed by atoms with van der Waals surface area (Å²) in [4.78, 5) is 9.31. The minimum absolute atomic E-state index is 0.610. The highest BCUT2D eigenvalue weighted by atomic mass is 16.5. The van der Waals surface area contributed by atoms with Crippen molar-refractivity contribution in [3.8, 4) is 11.3 Å². The van der Waals surface area contributed by atoms with E-state index in [-0.39, 0.29) is 0 Å². The Bertz CT molecular complexity index is 860. The van der Waals surface area contributed by atoms with Crippen molar-refractivity contribution in [2.24, 2.45) is 0 Å². The van der Waals surface area contributed by atoms with E-state index in [4.69, 9.17) is 4.74 Å². The Kier molecular flexibility index (Phi) is 6.39. The van der Waals surface area contributed by atoms with Gasteiger partial charge in [-0.3, -0.25) is 0 Å². The van der Waals surface area contributed by atoms with Crippen LogP contribution in [0, 0.1) is 13.8 Å². The topological polar surface area (TPSA) is 59.1 Å². The molecule has 3 rings (SSSR count). The zero-order valence-electron chi connectivity index (χ0n) is 16.1. The highest BCUT2D eigenvalue weighted by Crippen LogP contribution is 2.24. The monoisotopic (exact) mass is 362 g/mol. The molecule has 0 unspecified atom stereocenters. The molecule has 140 valence electrons. The Morgan fingerprint density at radius 3 is 2.37 bits per heavy atom. The fourth-order valence-electron chi connectivity index (χ4n) is 2.96. The first-order valence-electron chi connectivity index (χ1n) is 9.16. The van der Waals surface area contributed by atoms with Gasteiger partial charge in [0.25, 0.3) is 0 Å².